The molecule has 2 heterocycles. The number of benzene rings is 4. The van der Waals surface area contributed by atoms with Crippen LogP contribution in [-0.2, 0) is 33.3 Å². The van der Waals surface area contributed by atoms with Crippen molar-refractivity contribution in [3.05, 3.63) is 118 Å². The summed E-state index contributed by atoms with van der Waals surface area (Å²) in [6.07, 6.45) is -0.357. The van der Waals surface area contributed by atoms with Crippen LogP contribution >= 0.6 is 23.2 Å². The van der Waals surface area contributed by atoms with Crippen LogP contribution in [-0.4, -0.2) is 69.5 Å². The van der Waals surface area contributed by atoms with Gasteiger partial charge in [-0.1, -0.05) is 54.4 Å². The van der Waals surface area contributed by atoms with E-state index in [1.807, 2.05) is 67.6 Å². The smallest absolute Gasteiger partial charge is 0.415 e. The maximum Gasteiger partial charge on any atom is 0.415 e. The highest BCUT2D eigenvalue weighted by Crippen LogP contribution is 2.41. The number of hydrogen-bond donors (Lipinski definition) is 0. The highest BCUT2D eigenvalue weighted by molar-refractivity contribution is 6.31. The maximum absolute atomic E-state index is 12.7. The summed E-state index contributed by atoms with van der Waals surface area (Å²) in [5, 5.41) is 1.21. The number of rotatable bonds is 14. The summed E-state index contributed by atoms with van der Waals surface area (Å²) < 4.78 is 31.3. The van der Waals surface area contributed by atoms with Crippen LogP contribution in [0.5, 0.6) is 11.5 Å². The molecule has 2 aliphatic heterocycles. The molecule has 0 radical (unpaired) electrons. The molecule has 2 amide bonds. The molecule has 2 aliphatic rings. The zero-order valence-corrected chi connectivity index (χ0v) is 35.9. The van der Waals surface area contributed by atoms with E-state index in [9.17, 15) is 24.0 Å². The minimum atomic E-state index is -0.500. The van der Waals surface area contributed by atoms with Gasteiger partial charge in [-0.3, -0.25) is 24.2 Å². The lowest BCUT2D eigenvalue weighted by atomic mass is 9.97. The van der Waals surface area contributed by atoms with Crippen LogP contribution in [0.15, 0.2) is 97.1 Å². The third-order valence-corrected chi connectivity index (χ3v) is 9.78. The molecule has 2 saturated heterocycles. The van der Waals surface area contributed by atoms with E-state index in [2.05, 4.69) is 4.74 Å². The second-order valence-corrected chi connectivity index (χ2v) is 14.3. The number of carbonyl (C=O) groups excluding carboxylic acids is 5. The molecular formula is C45H50Cl2N2O11. The number of Topliss-reactive ketones (excluding diaryl/α,β-unsaturated/α-hetero) is 1. The van der Waals surface area contributed by atoms with Gasteiger partial charge in [0.25, 0.3) is 0 Å². The van der Waals surface area contributed by atoms with E-state index in [-0.39, 0.29) is 42.8 Å². The quantitative estimate of drug-likeness (QED) is 0.0678. The fourth-order valence-electron chi connectivity index (χ4n) is 6.61. The molecule has 2 fully saturated rings. The van der Waals surface area contributed by atoms with Crippen molar-refractivity contribution >= 4 is 64.5 Å². The topological polar surface area (TPSA) is 147 Å². The molecule has 320 valence electrons. The van der Waals surface area contributed by atoms with Crippen molar-refractivity contribution < 1.29 is 52.4 Å². The Balaban J connectivity index is 0.000000223. The SMILES string of the molecule is CCOC(=O)CC(C)=O.CCOC(=O)CC[C@@H]1OC(=O)N(c2ccc(Cl)cc2)[C@H]1c1cccc(OC)c1.CC[C@@H]1OC(=O)N(c2ccc(Cl)cc2)[C@H]1c1cccc(OC)c1. The lowest BCUT2D eigenvalue weighted by Gasteiger charge is -2.25. The molecule has 13 nitrogen and oxygen atoms in total. The fraction of sp³-hybridized carbons (Fsp3) is 0.356. The van der Waals surface area contributed by atoms with Crippen LogP contribution in [0, 0.1) is 0 Å². The van der Waals surface area contributed by atoms with Crippen LogP contribution in [0.25, 0.3) is 0 Å². The monoisotopic (exact) mass is 864 g/mol. The van der Waals surface area contributed by atoms with Crippen LogP contribution in [0.1, 0.15) is 76.6 Å². The van der Waals surface area contributed by atoms with Gasteiger partial charge < -0.3 is 28.4 Å². The molecule has 0 aromatic heterocycles. The number of methoxy groups -OCH3 is 2. The largest absolute Gasteiger partial charge is 0.497 e. The number of ether oxygens (including phenoxy) is 6. The maximum atomic E-state index is 12.7. The van der Waals surface area contributed by atoms with Crippen molar-refractivity contribution in [2.75, 3.05) is 37.2 Å². The number of cyclic esters (lactones) is 2. The predicted octanol–water partition coefficient (Wildman–Crippen LogP) is 10.1. The van der Waals surface area contributed by atoms with Gasteiger partial charge in [0.15, 0.2) is 0 Å². The Kier molecular flexibility index (Phi) is 18.1. The molecule has 0 unspecified atom stereocenters. The lowest BCUT2D eigenvalue weighted by Crippen LogP contribution is -2.29. The lowest BCUT2D eigenvalue weighted by molar-refractivity contribution is -0.145. The Labute approximate surface area is 360 Å². The van der Waals surface area contributed by atoms with Gasteiger partial charge in [-0.05, 0) is 118 Å². The highest BCUT2D eigenvalue weighted by Gasteiger charge is 2.44. The van der Waals surface area contributed by atoms with Gasteiger partial charge in [0.2, 0.25) is 0 Å². The van der Waals surface area contributed by atoms with Gasteiger partial charge in [-0.25, -0.2) is 9.59 Å². The molecule has 0 aliphatic carbocycles. The van der Waals surface area contributed by atoms with Gasteiger partial charge in [0.05, 0.1) is 27.4 Å². The molecule has 0 spiro atoms. The molecule has 0 bridgehead atoms. The number of hydrogen-bond acceptors (Lipinski definition) is 11. The Bertz CT molecular complexity index is 2060. The van der Waals surface area contributed by atoms with E-state index < -0.39 is 24.2 Å². The van der Waals surface area contributed by atoms with Gasteiger partial charge >= 0.3 is 24.1 Å². The number of ketones is 1. The second-order valence-electron chi connectivity index (χ2n) is 13.4. The minimum Gasteiger partial charge on any atom is -0.497 e. The third-order valence-electron chi connectivity index (χ3n) is 9.28. The van der Waals surface area contributed by atoms with E-state index in [4.69, 9.17) is 46.9 Å². The molecule has 0 saturated carbocycles. The predicted molar refractivity (Wildman–Crippen MR) is 228 cm³/mol. The van der Waals surface area contributed by atoms with Gasteiger partial charge in [0, 0.05) is 27.8 Å². The number of amides is 2. The minimum absolute atomic E-state index is 0.103. The van der Waals surface area contributed by atoms with E-state index >= 15 is 0 Å². The first kappa shape index (κ1) is 46.9. The molecule has 0 N–H and O–H groups in total. The molecule has 60 heavy (non-hydrogen) atoms. The van der Waals surface area contributed by atoms with Gasteiger partial charge in [0.1, 0.15) is 48.0 Å². The van der Waals surface area contributed by atoms with Crippen LogP contribution in [0.4, 0.5) is 21.0 Å². The van der Waals surface area contributed by atoms with E-state index in [1.54, 1.807) is 74.3 Å². The van der Waals surface area contributed by atoms with E-state index in [0.717, 1.165) is 29.0 Å². The Morgan fingerprint density at radius 3 is 1.48 bits per heavy atom. The van der Waals surface area contributed by atoms with E-state index in [0.29, 0.717) is 41.1 Å². The second kappa shape index (κ2) is 23.1. The van der Waals surface area contributed by atoms with E-state index in [1.165, 1.54) is 6.92 Å². The Hall–Kier alpha value is -5.79. The molecule has 15 heteroatoms. The standard InChI is InChI=1S/C21H22ClNO5.C18H18ClNO3.C6H10O3/c1-3-27-19(24)12-11-18-20(14-5-4-6-17(13-14)26-2)23(21(25)28-18)16-9-7-15(22)8-10-16;1-3-16-17(12-5-4-6-15(11-12)22-2)20(18(21)23-16)14-9-7-13(19)8-10-14;1-3-9-6(8)4-5(2)7/h4-10,13,18,20H,3,11-12H2,1-2H3;4-11,16-17H,3H2,1-2H3;3-4H2,1-2H3/t18-,20-;16-,17-;/m00./s1. The summed E-state index contributed by atoms with van der Waals surface area (Å²) in [7, 11) is 3.22. The zero-order chi connectivity index (χ0) is 43.8. The van der Waals surface area contributed by atoms with Crippen molar-refractivity contribution in [3.63, 3.8) is 0 Å². The van der Waals surface area contributed by atoms with Crippen LogP contribution < -0.4 is 19.3 Å². The highest BCUT2D eigenvalue weighted by atomic mass is 35.5. The summed E-state index contributed by atoms with van der Waals surface area (Å²) in [6, 6.07) is 28.8. The van der Waals surface area contributed by atoms with Crippen molar-refractivity contribution in [1.82, 2.24) is 0 Å². The Morgan fingerprint density at radius 1 is 0.633 bits per heavy atom. The van der Waals surface area contributed by atoms with Crippen LogP contribution in [0.2, 0.25) is 10.0 Å². The van der Waals surface area contributed by atoms with Crippen molar-refractivity contribution in [2.24, 2.45) is 0 Å². The molecular weight excluding hydrogens is 815 g/mol. The normalized spacial score (nSPS) is 17.9. The summed E-state index contributed by atoms with van der Waals surface area (Å²) in [5.41, 5.74) is 3.27. The summed E-state index contributed by atoms with van der Waals surface area (Å²) in [5.74, 6) is 0.524. The first-order chi connectivity index (χ1) is 28.8. The van der Waals surface area contributed by atoms with Gasteiger partial charge in [-0.2, -0.15) is 0 Å². The fourth-order valence-corrected chi connectivity index (χ4v) is 6.86. The molecule has 4 aromatic rings. The van der Waals surface area contributed by atoms with Crippen molar-refractivity contribution in [2.45, 2.75) is 77.7 Å². The molecule has 4 aromatic carbocycles. The van der Waals surface area contributed by atoms with Crippen molar-refractivity contribution in [1.29, 1.82) is 0 Å². The Morgan fingerprint density at radius 2 is 1.07 bits per heavy atom. The molecule has 4 atom stereocenters. The first-order valence-corrected chi connectivity index (χ1v) is 20.2. The zero-order valence-electron chi connectivity index (χ0n) is 34.4. The van der Waals surface area contributed by atoms with Crippen LogP contribution in [0.3, 0.4) is 0 Å². The first-order valence-electron chi connectivity index (χ1n) is 19.4. The molecule has 6 rings (SSSR count). The average Bonchev–Trinajstić information content (AvgIpc) is 3.76. The summed E-state index contributed by atoms with van der Waals surface area (Å²) >= 11 is 11.9. The van der Waals surface area contributed by atoms with Crippen molar-refractivity contribution in [3.8, 4) is 11.5 Å². The number of anilines is 2. The average molecular weight is 866 g/mol. The van der Waals surface area contributed by atoms with Gasteiger partial charge in [-0.15, -0.1) is 0 Å². The third kappa shape index (κ3) is 12.9. The summed E-state index contributed by atoms with van der Waals surface area (Å²) in [6.45, 7) is 7.49. The number of nitrogens with zero attached hydrogens (tertiary/aromatic N) is 2. The number of carbonyl (C=O) groups is 5. The number of halogens is 2. The number of esters is 2. The summed E-state index contributed by atoms with van der Waals surface area (Å²) in [4.78, 5) is 60.8.